The minimum atomic E-state index is -1.61. The third-order valence-corrected chi connectivity index (χ3v) is 6.13. The zero-order chi connectivity index (χ0) is 21.2. The lowest BCUT2D eigenvalue weighted by Crippen LogP contribution is -2.73. The highest BCUT2D eigenvalue weighted by atomic mass is 16.6. The number of carbonyl (C=O) groups excluding carboxylic acids is 3. The largest absolute Gasteiger partial charge is 0.469 e. The quantitative estimate of drug-likeness (QED) is 0.723. The van der Waals surface area contributed by atoms with E-state index in [9.17, 15) is 19.5 Å². The summed E-state index contributed by atoms with van der Waals surface area (Å²) < 4.78 is 10.6. The number of nitrogens with zero attached hydrogens (tertiary/aromatic N) is 2. The minimum Gasteiger partial charge on any atom is -0.469 e. The van der Waals surface area contributed by atoms with Gasteiger partial charge in [-0.05, 0) is 33.3 Å². The number of likely N-dealkylation sites (tertiary alicyclic amines) is 1. The van der Waals surface area contributed by atoms with Gasteiger partial charge in [-0.15, -0.1) is 0 Å². The molecule has 4 rings (SSSR count). The smallest absolute Gasteiger partial charge is 0.412 e. The van der Waals surface area contributed by atoms with Gasteiger partial charge < -0.3 is 14.6 Å². The molecule has 2 fully saturated rings. The molecule has 0 bridgehead atoms. The van der Waals surface area contributed by atoms with Gasteiger partial charge in [0, 0.05) is 24.9 Å². The monoisotopic (exact) mass is 402 g/mol. The summed E-state index contributed by atoms with van der Waals surface area (Å²) in [6, 6.07) is 7.02. The number of aliphatic hydroxyl groups is 1. The maximum Gasteiger partial charge on any atom is 0.412 e. The fourth-order valence-electron chi connectivity index (χ4n) is 5.20. The normalized spacial score (nSPS) is 30.5. The van der Waals surface area contributed by atoms with Gasteiger partial charge in [-0.3, -0.25) is 19.4 Å². The molecule has 156 valence electrons. The number of esters is 1. The molecule has 1 aromatic rings. The number of carbonyl (C=O) groups is 3. The molecule has 3 atom stereocenters. The van der Waals surface area contributed by atoms with E-state index in [4.69, 9.17) is 9.47 Å². The first-order chi connectivity index (χ1) is 13.6. The Morgan fingerprint density at radius 2 is 1.93 bits per heavy atom. The molecule has 2 saturated heterocycles. The summed E-state index contributed by atoms with van der Waals surface area (Å²) in [6.45, 7) is 5.39. The molecule has 1 spiro atoms. The van der Waals surface area contributed by atoms with Crippen LogP contribution in [-0.2, 0) is 24.7 Å². The topological polar surface area (TPSA) is 96.4 Å². The fourth-order valence-corrected chi connectivity index (χ4v) is 5.20. The van der Waals surface area contributed by atoms with Gasteiger partial charge in [0.2, 0.25) is 5.91 Å². The number of fused-ring (bicyclic) bond motifs is 3. The lowest BCUT2D eigenvalue weighted by atomic mass is 9.73. The number of ether oxygens (including phenoxy) is 2. The molecule has 29 heavy (non-hydrogen) atoms. The van der Waals surface area contributed by atoms with Crippen LogP contribution in [0.1, 0.15) is 45.6 Å². The van der Waals surface area contributed by atoms with Crippen LogP contribution in [0.4, 0.5) is 10.5 Å². The van der Waals surface area contributed by atoms with Crippen LogP contribution in [0.3, 0.4) is 0 Å². The number of amides is 2. The zero-order valence-corrected chi connectivity index (χ0v) is 17.1. The van der Waals surface area contributed by atoms with Gasteiger partial charge in [-0.25, -0.2) is 4.79 Å². The van der Waals surface area contributed by atoms with Crippen molar-refractivity contribution in [1.29, 1.82) is 0 Å². The molecule has 3 aliphatic heterocycles. The van der Waals surface area contributed by atoms with Gasteiger partial charge in [0.25, 0.3) is 0 Å². The van der Waals surface area contributed by atoms with E-state index in [0.717, 1.165) is 0 Å². The van der Waals surface area contributed by atoms with Gasteiger partial charge in [-0.1, -0.05) is 18.2 Å². The number of hydrogen-bond acceptors (Lipinski definition) is 6. The van der Waals surface area contributed by atoms with Gasteiger partial charge in [-0.2, -0.15) is 0 Å². The number of rotatable bonds is 1. The molecule has 0 aromatic heterocycles. The van der Waals surface area contributed by atoms with Gasteiger partial charge in [0.1, 0.15) is 17.1 Å². The van der Waals surface area contributed by atoms with E-state index in [-0.39, 0.29) is 31.7 Å². The lowest BCUT2D eigenvalue weighted by Gasteiger charge is -2.53. The predicted octanol–water partition coefficient (Wildman–Crippen LogP) is 2.14. The first-order valence-corrected chi connectivity index (χ1v) is 9.81. The van der Waals surface area contributed by atoms with Gasteiger partial charge >= 0.3 is 12.1 Å². The Hall–Kier alpha value is -2.61. The first-order valence-electron chi connectivity index (χ1n) is 9.81. The van der Waals surface area contributed by atoms with Gasteiger partial charge in [0.15, 0.2) is 5.66 Å². The van der Waals surface area contributed by atoms with Crippen molar-refractivity contribution < 1.29 is 29.0 Å². The van der Waals surface area contributed by atoms with Crippen LogP contribution < -0.4 is 4.90 Å². The number of hydrogen-bond donors (Lipinski definition) is 1. The summed E-state index contributed by atoms with van der Waals surface area (Å²) in [6.07, 6.45) is -0.193. The summed E-state index contributed by atoms with van der Waals surface area (Å²) in [5.74, 6) is -1.72. The Morgan fingerprint density at radius 1 is 1.24 bits per heavy atom. The Labute approximate surface area is 169 Å². The molecule has 8 heteroatoms. The van der Waals surface area contributed by atoms with Crippen molar-refractivity contribution in [3.8, 4) is 0 Å². The summed E-state index contributed by atoms with van der Waals surface area (Å²) in [7, 11) is 1.27. The molecule has 1 aromatic carbocycles. The first kappa shape index (κ1) is 19.7. The SMILES string of the molecule is COC(=O)[C@@H]1CCC(=O)N2c3ccccc3[C@]3(O)CCN(C(=O)OC(C)(C)C)[C@]123. The van der Waals surface area contributed by atoms with Crippen molar-refractivity contribution in [2.24, 2.45) is 5.92 Å². The number of piperidine rings is 1. The van der Waals surface area contributed by atoms with Crippen LogP contribution in [0.2, 0.25) is 0 Å². The van der Waals surface area contributed by atoms with Crippen LogP contribution >= 0.6 is 0 Å². The molecule has 3 aliphatic rings. The average Bonchev–Trinajstić information content (AvgIpc) is 3.06. The molecule has 2 amide bonds. The summed E-state index contributed by atoms with van der Waals surface area (Å²) in [5, 5.41) is 12.0. The number of anilines is 1. The maximum absolute atomic E-state index is 13.2. The fraction of sp³-hybridized carbons (Fsp3) is 0.571. The molecular formula is C21H26N2O6. The molecule has 1 N–H and O–H groups in total. The standard InChI is InChI=1S/C21H26N2O6/c1-19(2,3)29-18(26)22-12-11-20(27)13-7-5-6-8-15(13)23-16(24)10-9-14(17(25)28-4)21(20,22)23/h5-8,14,27H,9-12H2,1-4H3/t14-,20+,21+/m0/s1. The zero-order valence-electron chi connectivity index (χ0n) is 17.1. The number of para-hydroxylation sites is 1. The van der Waals surface area contributed by atoms with E-state index in [2.05, 4.69) is 0 Å². The molecule has 3 heterocycles. The maximum atomic E-state index is 13.2. The molecule has 0 aliphatic carbocycles. The summed E-state index contributed by atoms with van der Waals surface area (Å²) in [5.41, 5.74) is -2.93. The van der Waals surface area contributed by atoms with E-state index in [1.807, 2.05) is 0 Å². The second-order valence-corrected chi connectivity index (χ2v) is 8.83. The van der Waals surface area contributed by atoms with E-state index in [1.54, 1.807) is 45.0 Å². The van der Waals surface area contributed by atoms with Crippen molar-refractivity contribution in [1.82, 2.24) is 4.90 Å². The summed E-state index contributed by atoms with van der Waals surface area (Å²) in [4.78, 5) is 42.0. The van der Waals surface area contributed by atoms with Crippen molar-refractivity contribution in [3.05, 3.63) is 29.8 Å². The number of methoxy groups -OCH3 is 1. The van der Waals surface area contributed by atoms with Crippen LogP contribution in [0.5, 0.6) is 0 Å². The van der Waals surface area contributed by atoms with Crippen molar-refractivity contribution in [3.63, 3.8) is 0 Å². The van der Waals surface area contributed by atoms with E-state index < -0.39 is 34.8 Å². The molecule has 0 unspecified atom stereocenters. The Morgan fingerprint density at radius 3 is 2.59 bits per heavy atom. The average molecular weight is 402 g/mol. The van der Waals surface area contributed by atoms with Crippen LogP contribution in [-0.4, -0.2) is 52.9 Å². The molecular weight excluding hydrogens is 376 g/mol. The van der Waals surface area contributed by atoms with E-state index >= 15 is 0 Å². The molecule has 8 nitrogen and oxygen atoms in total. The molecule has 0 saturated carbocycles. The Kier molecular flexibility index (Phi) is 4.21. The lowest BCUT2D eigenvalue weighted by molar-refractivity contribution is -0.165. The number of benzene rings is 1. The second-order valence-electron chi connectivity index (χ2n) is 8.83. The highest BCUT2D eigenvalue weighted by molar-refractivity contribution is 6.02. The van der Waals surface area contributed by atoms with Gasteiger partial charge in [0.05, 0.1) is 12.8 Å². The van der Waals surface area contributed by atoms with E-state index in [1.165, 1.54) is 16.9 Å². The predicted molar refractivity (Wildman–Crippen MR) is 103 cm³/mol. The van der Waals surface area contributed by atoms with Crippen LogP contribution in [0.15, 0.2) is 24.3 Å². The third kappa shape index (κ3) is 2.44. The van der Waals surface area contributed by atoms with Crippen LogP contribution in [0.25, 0.3) is 0 Å². The Balaban J connectivity index is 1.96. The second kappa shape index (κ2) is 6.19. The highest BCUT2D eigenvalue weighted by Gasteiger charge is 2.76. The third-order valence-electron chi connectivity index (χ3n) is 6.13. The Bertz CT molecular complexity index is 893. The van der Waals surface area contributed by atoms with Crippen molar-refractivity contribution in [2.75, 3.05) is 18.6 Å². The van der Waals surface area contributed by atoms with Crippen molar-refractivity contribution >= 4 is 23.7 Å². The van der Waals surface area contributed by atoms with Crippen molar-refractivity contribution in [2.45, 2.75) is 56.9 Å². The van der Waals surface area contributed by atoms with E-state index in [0.29, 0.717) is 11.3 Å². The van der Waals surface area contributed by atoms with Crippen LogP contribution in [0, 0.1) is 5.92 Å². The highest BCUT2D eigenvalue weighted by Crippen LogP contribution is 2.62. The minimum absolute atomic E-state index is 0.119. The summed E-state index contributed by atoms with van der Waals surface area (Å²) >= 11 is 0. The molecule has 0 radical (unpaired) electrons.